The van der Waals surface area contributed by atoms with Gasteiger partial charge in [0.05, 0.1) is 10.2 Å². The van der Waals surface area contributed by atoms with E-state index in [1.54, 1.807) is 11.3 Å². The van der Waals surface area contributed by atoms with Crippen molar-refractivity contribution in [2.75, 3.05) is 31.1 Å². The van der Waals surface area contributed by atoms with Gasteiger partial charge in [0.2, 0.25) is 0 Å². The highest BCUT2D eigenvalue weighted by molar-refractivity contribution is 7.22. The average molecular weight is 381 g/mol. The van der Waals surface area contributed by atoms with Gasteiger partial charge in [-0.3, -0.25) is 0 Å². The third-order valence-electron chi connectivity index (χ3n) is 4.93. The standard InChI is InChI=1S/C21H24N4OS/c1-15-12-16(2)19-18(13-15)23-21(27-19)25-10-8-24(9-11-25)20(26)22-14-17-6-4-3-5-7-17/h3-7,12-13H,8-11,14H2,1-2H3,(H,22,26). The van der Waals surface area contributed by atoms with Gasteiger partial charge in [-0.1, -0.05) is 47.7 Å². The van der Waals surface area contributed by atoms with Crippen LogP contribution in [-0.4, -0.2) is 42.1 Å². The number of aryl methyl sites for hydroxylation is 2. The van der Waals surface area contributed by atoms with Crippen LogP contribution in [0.2, 0.25) is 0 Å². The first-order valence-electron chi connectivity index (χ1n) is 9.29. The van der Waals surface area contributed by atoms with Crippen molar-refractivity contribution >= 4 is 32.7 Å². The van der Waals surface area contributed by atoms with Crippen LogP contribution >= 0.6 is 11.3 Å². The molecule has 0 atom stereocenters. The summed E-state index contributed by atoms with van der Waals surface area (Å²) in [7, 11) is 0. The maximum atomic E-state index is 12.4. The number of rotatable bonds is 3. The lowest BCUT2D eigenvalue weighted by molar-refractivity contribution is 0.194. The van der Waals surface area contributed by atoms with E-state index in [2.05, 4.69) is 36.2 Å². The number of piperazine rings is 1. The van der Waals surface area contributed by atoms with Gasteiger partial charge in [-0.15, -0.1) is 0 Å². The minimum atomic E-state index is 0.00859. The van der Waals surface area contributed by atoms with Crippen LogP contribution in [0.5, 0.6) is 0 Å². The average Bonchev–Trinajstić information content (AvgIpc) is 3.11. The molecule has 0 radical (unpaired) electrons. The topological polar surface area (TPSA) is 48.5 Å². The van der Waals surface area contributed by atoms with Crippen molar-refractivity contribution in [3.63, 3.8) is 0 Å². The fourth-order valence-electron chi connectivity index (χ4n) is 3.49. The Morgan fingerprint density at radius 3 is 2.59 bits per heavy atom. The zero-order valence-electron chi connectivity index (χ0n) is 15.7. The fourth-order valence-corrected chi connectivity index (χ4v) is 4.55. The molecule has 1 fully saturated rings. The zero-order valence-corrected chi connectivity index (χ0v) is 16.6. The van der Waals surface area contributed by atoms with Crippen LogP contribution in [-0.2, 0) is 6.54 Å². The Morgan fingerprint density at radius 2 is 1.85 bits per heavy atom. The molecule has 0 saturated carbocycles. The number of aromatic nitrogens is 1. The largest absolute Gasteiger partial charge is 0.345 e. The summed E-state index contributed by atoms with van der Waals surface area (Å²) in [5.41, 5.74) is 4.73. The Bertz CT molecular complexity index is 945. The predicted molar refractivity (Wildman–Crippen MR) is 112 cm³/mol. The van der Waals surface area contributed by atoms with Gasteiger partial charge in [-0.2, -0.15) is 0 Å². The lowest BCUT2D eigenvalue weighted by atomic mass is 10.1. The van der Waals surface area contributed by atoms with Gasteiger partial charge in [0, 0.05) is 32.7 Å². The van der Waals surface area contributed by atoms with E-state index in [1.165, 1.54) is 15.8 Å². The number of carbonyl (C=O) groups is 1. The third-order valence-corrected chi connectivity index (χ3v) is 6.20. The molecule has 4 rings (SSSR count). The molecule has 1 aliphatic rings. The monoisotopic (exact) mass is 380 g/mol. The number of nitrogens with one attached hydrogen (secondary N) is 1. The first kappa shape index (κ1) is 17.8. The van der Waals surface area contributed by atoms with Crippen LogP contribution in [0.4, 0.5) is 9.93 Å². The number of urea groups is 1. The second-order valence-corrected chi connectivity index (χ2v) is 8.02. The van der Waals surface area contributed by atoms with Crippen LogP contribution in [0.3, 0.4) is 0 Å². The second-order valence-electron chi connectivity index (χ2n) is 7.04. The highest BCUT2D eigenvalue weighted by Gasteiger charge is 2.23. The number of carbonyl (C=O) groups excluding carboxylic acids is 1. The van der Waals surface area contributed by atoms with E-state index < -0.39 is 0 Å². The van der Waals surface area contributed by atoms with Gasteiger partial charge in [0.15, 0.2) is 5.13 Å². The van der Waals surface area contributed by atoms with Crippen molar-refractivity contribution in [2.45, 2.75) is 20.4 Å². The number of hydrogen-bond donors (Lipinski definition) is 1. The number of fused-ring (bicyclic) bond motifs is 1. The van der Waals surface area contributed by atoms with Gasteiger partial charge < -0.3 is 15.1 Å². The van der Waals surface area contributed by atoms with Crippen LogP contribution in [0.15, 0.2) is 42.5 Å². The van der Waals surface area contributed by atoms with E-state index in [4.69, 9.17) is 4.98 Å². The molecule has 2 heterocycles. The summed E-state index contributed by atoms with van der Waals surface area (Å²) < 4.78 is 1.26. The van der Waals surface area contributed by atoms with Crippen LogP contribution in [0, 0.1) is 13.8 Å². The van der Waals surface area contributed by atoms with E-state index in [9.17, 15) is 4.79 Å². The summed E-state index contributed by atoms with van der Waals surface area (Å²) >= 11 is 1.75. The lowest BCUT2D eigenvalue weighted by Gasteiger charge is -2.34. The number of nitrogens with zero attached hydrogens (tertiary/aromatic N) is 3. The summed E-state index contributed by atoms with van der Waals surface area (Å²) in [5, 5.41) is 4.07. The van der Waals surface area contributed by atoms with Gasteiger partial charge in [0.1, 0.15) is 0 Å². The molecular formula is C21H24N4OS. The number of benzene rings is 2. The van der Waals surface area contributed by atoms with E-state index >= 15 is 0 Å². The molecule has 6 heteroatoms. The van der Waals surface area contributed by atoms with Gasteiger partial charge in [-0.25, -0.2) is 9.78 Å². The van der Waals surface area contributed by atoms with Crippen molar-refractivity contribution < 1.29 is 4.79 Å². The molecule has 1 aromatic heterocycles. The molecule has 1 saturated heterocycles. The Hall–Kier alpha value is -2.60. The van der Waals surface area contributed by atoms with E-state index in [0.29, 0.717) is 19.6 Å². The number of anilines is 1. The Balaban J connectivity index is 1.36. The van der Waals surface area contributed by atoms with Crippen molar-refractivity contribution in [1.29, 1.82) is 0 Å². The molecule has 0 spiro atoms. The summed E-state index contributed by atoms with van der Waals surface area (Å²) in [6.45, 7) is 7.89. The zero-order chi connectivity index (χ0) is 18.8. The molecule has 1 N–H and O–H groups in total. The number of hydrogen-bond acceptors (Lipinski definition) is 4. The normalized spacial score (nSPS) is 14.6. The van der Waals surface area contributed by atoms with E-state index in [0.717, 1.165) is 29.3 Å². The molecule has 3 aromatic rings. The molecular weight excluding hydrogens is 356 g/mol. The minimum Gasteiger partial charge on any atom is -0.345 e. The van der Waals surface area contributed by atoms with E-state index in [-0.39, 0.29) is 6.03 Å². The maximum absolute atomic E-state index is 12.4. The van der Waals surface area contributed by atoms with E-state index in [1.807, 2.05) is 35.2 Å². The lowest BCUT2D eigenvalue weighted by Crippen LogP contribution is -2.51. The Kier molecular flexibility index (Phi) is 4.99. The Morgan fingerprint density at radius 1 is 1.11 bits per heavy atom. The first-order valence-corrected chi connectivity index (χ1v) is 10.1. The minimum absolute atomic E-state index is 0.00859. The molecule has 0 bridgehead atoms. The van der Waals surface area contributed by atoms with Crippen molar-refractivity contribution in [2.24, 2.45) is 0 Å². The van der Waals surface area contributed by atoms with Crippen molar-refractivity contribution in [1.82, 2.24) is 15.2 Å². The molecule has 27 heavy (non-hydrogen) atoms. The van der Waals surface area contributed by atoms with Crippen molar-refractivity contribution in [3.05, 3.63) is 59.2 Å². The SMILES string of the molecule is Cc1cc(C)c2sc(N3CCN(C(=O)NCc4ccccc4)CC3)nc2c1. The molecule has 2 aromatic carbocycles. The molecule has 5 nitrogen and oxygen atoms in total. The third kappa shape index (κ3) is 3.90. The highest BCUT2D eigenvalue weighted by atomic mass is 32.1. The summed E-state index contributed by atoms with van der Waals surface area (Å²) in [5.74, 6) is 0. The molecule has 0 unspecified atom stereocenters. The summed E-state index contributed by atoms with van der Waals surface area (Å²) in [4.78, 5) is 21.4. The summed E-state index contributed by atoms with van der Waals surface area (Å²) in [6.07, 6.45) is 0. The van der Waals surface area contributed by atoms with Crippen LogP contribution in [0.25, 0.3) is 10.2 Å². The van der Waals surface area contributed by atoms with Crippen LogP contribution < -0.4 is 10.2 Å². The second kappa shape index (κ2) is 7.56. The first-order chi connectivity index (χ1) is 13.1. The number of thiazole rings is 1. The molecule has 140 valence electrons. The number of amides is 2. The molecule has 0 aliphatic carbocycles. The fraction of sp³-hybridized carbons (Fsp3) is 0.333. The quantitative estimate of drug-likeness (QED) is 0.749. The molecule has 2 amide bonds. The predicted octanol–water partition coefficient (Wildman–Crippen LogP) is 3.94. The highest BCUT2D eigenvalue weighted by Crippen LogP contribution is 2.32. The smallest absolute Gasteiger partial charge is 0.317 e. The van der Waals surface area contributed by atoms with Gasteiger partial charge in [-0.05, 0) is 36.6 Å². The van der Waals surface area contributed by atoms with Crippen molar-refractivity contribution in [3.8, 4) is 0 Å². The summed E-state index contributed by atoms with van der Waals surface area (Å²) in [6, 6.07) is 14.4. The maximum Gasteiger partial charge on any atom is 0.317 e. The van der Waals surface area contributed by atoms with Crippen LogP contribution in [0.1, 0.15) is 16.7 Å². The Labute approximate surface area is 163 Å². The molecule has 1 aliphatic heterocycles. The van der Waals surface area contributed by atoms with Gasteiger partial charge >= 0.3 is 6.03 Å². The van der Waals surface area contributed by atoms with Gasteiger partial charge in [0.25, 0.3) is 0 Å².